The van der Waals surface area contributed by atoms with E-state index in [1.54, 1.807) is 12.3 Å². The predicted molar refractivity (Wildman–Crippen MR) is 89.1 cm³/mol. The number of aryl methyl sites for hydroxylation is 1. The molecule has 0 spiro atoms. The van der Waals surface area contributed by atoms with Crippen LogP contribution in [0.2, 0.25) is 0 Å². The van der Waals surface area contributed by atoms with Gasteiger partial charge in [0.25, 0.3) is 0 Å². The third-order valence-corrected chi connectivity index (χ3v) is 4.25. The predicted octanol–water partition coefficient (Wildman–Crippen LogP) is 3.50. The molecule has 0 atom stereocenters. The summed E-state index contributed by atoms with van der Waals surface area (Å²) < 4.78 is 13.5. The van der Waals surface area contributed by atoms with E-state index < -0.39 is 5.41 Å². The number of nitrogens with one attached hydrogen (secondary N) is 2. The topological polar surface area (TPSA) is 54.0 Å². The minimum Gasteiger partial charge on any atom is -0.385 e. The Kier molecular flexibility index (Phi) is 4.03. The van der Waals surface area contributed by atoms with Gasteiger partial charge in [-0.15, -0.1) is 0 Å². The highest BCUT2D eigenvalue weighted by atomic mass is 19.1. The number of amides is 1. The number of benzene rings is 1. The van der Waals surface area contributed by atoms with Gasteiger partial charge in [-0.2, -0.15) is 0 Å². The lowest BCUT2D eigenvalue weighted by Gasteiger charge is -2.20. The molecule has 4 nitrogen and oxygen atoms in total. The van der Waals surface area contributed by atoms with Gasteiger partial charge in [0.1, 0.15) is 5.82 Å². The van der Waals surface area contributed by atoms with Crippen molar-refractivity contribution in [1.82, 2.24) is 4.98 Å². The first-order valence-electron chi connectivity index (χ1n) is 7.78. The number of hydrogen-bond acceptors (Lipinski definition) is 3. The molecule has 0 fully saturated rings. The average Bonchev–Trinajstić information content (AvgIpc) is 2.76. The quantitative estimate of drug-likeness (QED) is 0.831. The summed E-state index contributed by atoms with van der Waals surface area (Å²) in [6.07, 6.45) is 2.95. The first kappa shape index (κ1) is 15.5. The van der Waals surface area contributed by atoms with Gasteiger partial charge in [-0.1, -0.05) is 6.07 Å². The van der Waals surface area contributed by atoms with Crippen LogP contribution in [0.1, 0.15) is 31.5 Å². The van der Waals surface area contributed by atoms with Crippen molar-refractivity contribution in [3.8, 4) is 0 Å². The molecule has 0 bridgehead atoms. The second-order valence-electron chi connectivity index (χ2n) is 6.27. The van der Waals surface area contributed by atoms with Crippen molar-refractivity contribution < 1.29 is 9.18 Å². The van der Waals surface area contributed by atoms with E-state index in [-0.39, 0.29) is 11.7 Å². The Morgan fingerprint density at radius 1 is 1.26 bits per heavy atom. The molecule has 1 aliphatic rings. The highest BCUT2D eigenvalue weighted by Gasteiger charge is 2.40. The summed E-state index contributed by atoms with van der Waals surface area (Å²) >= 11 is 0. The molecular formula is C18H20FN3O. The standard InChI is InChI=1S/C18H20FN3O/c1-18(2)16-14(7-3-8-15(16)22-17(18)23)21-11-5-9-13-12(19)6-4-10-20-13/h3-4,6-8,10,21H,5,9,11H2,1-2H3,(H,22,23). The van der Waals surface area contributed by atoms with E-state index in [9.17, 15) is 9.18 Å². The number of rotatable bonds is 5. The maximum Gasteiger partial charge on any atom is 0.234 e. The Morgan fingerprint density at radius 3 is 2.87 bits per heavy atom. The summed E-state index contributed by atoms with van der Waals surface area (Å²) in [5.74, 6) is -0.249. The van der Waals surface area contributed by atoms with Crippen LogP contribution in [-0.2, 0) is 16.6 Å². The van der Waals surface area contributed by atoms with E-state index >= 15 is 0 Å². The molecule has 1 aromatic carbocycles. The molecule has 120 valence electrons. The number of pyridine rings is 1. The molecule has 1 amide bonds. The fourth-order valence-electron chi connectivity index (χ4n) is 2.95. The van der Waals surface area contributed by atoms with Gasteiger partial charge in [-0.3, -0.25) is 9.78 Å². The van der Waals surface area contributed by atoms with Gasteiger partial charge in [0.2, 0.25) is 5.91 Å². The first-order valence-corrected chi connectivity index (χ1v) is 7.78. The third-order valence-electron chi connectivity index (χ3n) is 4.25. The van der Waals surface area contributed by atoms with Crippen molar-refractivity contribution in [1.29, 1.82) is 0 Å². The van der Waals surface area contributed by atoms with E-state index in [4.69, 9.17) is 0 Å². The van der Waals surface area contributed by atoms with Crippen LogP contribution in [0.3, 0.4) is 0 Å². The first-order chi connectivity index (χ1) is 11.0. The van der Waals surface area contributed by atoms with Crippen LogP contribution in [0.4, 0.5) is 15.8 Å². The van der Waals surface area contributed by atoms with E-state index in [0.29, 0.717) is 18.7 Å². The molecule has 2 heterocycles. The number of halogens is 1. The molecule has 3 rings (SSSR count). The summed E-state index contributed by atoms with van der Waals surface area (Å²) in [7, 11) is 0. The molecule has 0 radical (unpaired) electrons. The lowest BCUT2D eigenvalue weighted by atomic mass is 9.85. The zero-order valence-corrected chi connectivity index (χ0v) is 13.3. The highest BCUT2D eigenvalue weighted by molar-refractivity contribution is 6.07. The monoisotopic (exact) mass is 313 g/mol. The van der Waals surface area contributed by atoms with Crippen molar-refractivity contribution in [3.63, 3.8) is 0 Å². The fraction of sp³-hybridized carbons (Fsp3) is 0.333. The molecule has 2 N–H and O–H groups in total. The fourth-order valence-corrected chi connectivity index (χ4v) is 2.95. The van der Waals surface area contributed by atoms with Crippen molar-refractivity contribution in [3.05, 3.63) is 53.6 Å². The van der Waals surface area contributed by atoms with Gasteiger partial charge in [-0.25, -0.2) is 4.39 Å². The van der Waals surface area contributed by atoms with Gasteiger partial charge in [0.05, 0.1) is 11.1 Å². The van der Waals surface area contributed by atoms with Crippen LogP contribution < -0.4 is 10.6 Å². The van der Waals surface area contributed by atoms with Crippen LogP contribution in [0.15, 0.2) is 36.5 Å². The maximum atomic E-state index is 13.5. The molecule has 0 saturated heterocycles. The lowest BCUT2D eigenvalue weighted by Crippen LogP contribution is -2.27. The van der Waals surface area contributed by atoms with Crippen molar-refractivity contribution in [2.24, 2.45) is 0 Å². The summed E-state index contributed by atoms with van der Waals surface area (Å²) in [6, 6.07) is 8.83. The Morgan fingerprint density at radius 2 is 2.09 bits per heavy atom. The SMILES string of the molecule is CC1(C)C(=O)Nc2cccc(NCCCc3ncccc3F)c21. The van der Waals surface area contributed by atoms with E-state index in [1.807, 2.05) is 32.0 Å². The Balaban J connectivity index is 1.66. The van der Waals surface area contributed by atoms with Crippen molar-refractivity contribution >= 4 is 17.3 Å². The Bertz CT molecular complexity index is 743. The van der Waals surface area contributed by atoms with Crippen LogP contribution in [0.25, 0.3) is 0 Å². The number of anilines is 2. The molecule has 0 unspecified atom stereocenters. The molecular weight excluding hydrogens is 293 g/mol. The average molecular weight is 313 g/mol. The largest absolute Gasteiger partial charge is 0.385 e. The number of carbonyl (C=O) groups is 1. The normalized spacial score (nSPS) is 15.2. The second kappa shape index (κ2) is 5.99. The number of hydrogen-bond donors (Lipinski definition) is 2. The van der Waals surface area contributed by atoms with E-state index in [2.05, 4.69) is 15.6 Å². The molecule has 0 saturated carbocycles. The summed E-state index contributed by atoms with van der Waals surface area (Å²) in [4.78, 5) is 16.1. The minimum absolute atomic E-state index is 0.0114. The molecule has 1 aliphatic heterocycles. The summed E-state index contributed by atoms with van der Waals surface area (Å²) in [5.41, 5.74) is 2.75. The van der Waals surface area contributed by atoms with Gasteiger partial charge in [-0.05, 0) is 51.0 Å². The van der Waals surface area contributed by atoms with Crippen molar-refractivity contribution in [2.75, 3.05) is 17.2 Å². The van der Waals surface area contributed by atoms with E-state index in [0.717, 1.165) is 23.4 Å². The van der Waals surface area contributed by atoms with Gasteiger partial charge >= 0.3 is 0 Å². The number of nitrogens with zero attached hydrogens (tertiary/aromatic N) is 1. The Labute approximate surface area is 135 Å². The maximum absolute atomic E-state index is 13.5. The molecule has 2 aromatic rings. The number of carbonyl (C=O) groups excluding carboxylic acids is 1. The van der Waals surface area contributed by atoms with Gasteiger partial charge in [0.15, 0.2) is 0 Å². The van der Waals surface area contributed by atoms with Crippen LogP contribution in [0.5, 0.6) is 0 Å². The third kappa shape index (κ3) is 2.91. The highest BCUT2D eigenvalue weighted by Crippen LogP contribution is 2.41. The second-order valence-corrected chi connectivity index (χ2v) is 6.27. The van der Waals surface area contributed by atoms with Crippen LogP contribution in [0, 0.1) is 5.82 Å². The molecule has 0 aliphatic carbocycles. The smallest absolute Gasteiger partial charge is 0.234 e. The van der Waals surface area contributed by atoms with Gasteiger partial charge in [0, 0.05) is 29.7 Å². The number of aromatic nitrogens is 1. The van der Waals surface area contributed by atoms with E-state index in [1.165, 1.54) is 6.07 Å². The van der Waals surface area contributed by atoms with Crippen molar-refractivity contribution in [2.45, 2.75) is 32.1 Å². The molecule has 23 heavy (non-hydrogen) atoms. The lowest BCUT2D eigenvalue weighted by molar-refractivity contribution is -0.119. The summed E-state index contributed by atoms with van der Waals surface area (Å²) in [6.45, 7) is 4.53. The van der Waals surface area contributed by atoms with Crippen LogP contribution in [-0.4, -0.2) is 17.4 Å². The Hall–Kier alpha value is -2.43. The van der Waals surface area contributed by atoms with Gasteiger partial charge < -0.3 is 10.6 Å². The number of fused-ring (bicyclic) bond motifs is 1. The minimum atomic E-state index is -0.550. The summed E-state index contributed by atoms with van der Waals surface area (Å²) in [5, 5.41) is 6.28. The zero-order chi connectivity index (χ0) is 16.4. The molecule has 1 aromatic heterocycles. The zero-order valence-electron chi connectivity index (χ0n) is 13.3. The molecule has 5 heteroatoms. The van der Waals surface area contributed by atoms with Crippen LogP contribution >= 0.6 is 0 Å².